The Balaban J connectivity index is 0.00000225. The summed E-state index contributed by atoms with van der Waals surface area (Å²) in [6.07, 6.45) is 0. The van der Waals surface area contributed by atoms with Crippen molar-refractivity contribution in [2.24, 2.45) is 11.7 Å². The first-order chi connectivity index (χ1) is 11.4. The summed E-state index contributed by atoms with van der Waals surface area (Å²) < 4.78 is 27.8. The molecule has 0 aromatic heterocycles. The molecule has 2 aromatic rings. The maximum absolute atomic E-state index is 13.1. The summed E-state index contributed by atoms with van der Waals surface area (Å²) in [7, 11) is -3.49. The van der Waals surface area contributed by atoms with E-state index in [0.29, 0.717) is 24.5 Å². The first-order valence-electron chi connectivity index (χ1n) is 8.26. The molecule has 1 fully saturated rings. The van der Waals surface area contributed by atoms with E-state index in [1.807, 2.05) is 44.2 Å². The van der Waals surface area contributed by atoms with Crippen molar-refractivity contribution in [3.63, 3.8) is 0 Å². The Morgan fingerprint density at radius 1 is 1.08 bits per heavy atom. The van der Waals surface area contributed by atoms with E-state index in [1.54, 1.807) is 10.4 Å². The van der Waals surface area contributed by atoms with Gasteiger partial charge in [-0.25, -0.2) is 8.42 Å². The van der Waals surface area contributed by atoms with Gasteiger partial charge in [0.25, 0.3) is 0 Å². The zero-order valence-electron chi connectivity index (χ0n) is 14.6. The van der Waals surface area contributed by atoms with Crippen molar-refractivity contribution in [3.8, 4) is 0 Å². The van der Waals surface area contributed by atoms with Crippen molar-refractivity contribution in [3.05, 3.63) is 65.2 Å². The monoisotopic (exact) mass is 380 g/mol. The Morgan fingerprint density at radius 3 is 2.36 bits per heavy atom. The highest BCUT2D eigenvalue weighted by Crippen LogP contribution is 2.35. The van der Waals surface area contributed by atoms with Crippen LogP contribution in [0.1, 0.15) is 22.6 Å². The van der Waals surface area contributed by atoms with Crippen molar-refractivity contribution in [2.45, 2.75) is 24.7 Å². The molecule has 0 unspecified atom stereocenters. The molecule has 1 saturated heterocycles. The summed E-state index contributed by atoms with van der Waals surface area (Å²) in [5, 5.41) is 0. The second-order valence-corrected chi connectivity index (χ2v) is 8.51. The Hall–Kier alpha value is -1.40. The van der Waals surface area contributed by atoms with Crippen LogP contribution in [0.4, 0.5) is 0 Å². The maximum atomic E-state index is 13.1. The highest BCUT2D eigenvalue weighted by atomic mass is 35.5. The molecular formula is C19H25ClN2O2S. The van der Waals surface area contributed by atoms with Crippen LogP contribution in [0.2, 0.25) is 0 Å². The van der Waals surface area contributed by atoms with Crippen molar-refractivity contribution in [1.29, 1.82) is 0 Å². The predicted molar refractivity (Wildman–Crippen MR) is 104 cm³/mol. The van der Waals surface area contributed by atoms with Gasteiger partial charge in [0.2, 0.25) is 10.0 Å². The molecule has 1 heterocycles. The fourth-order valence-electron chi connectivity index (χ4n) is 3.57. The number of rotatable bonds is 4. The van der Waals surface area contributed by atoms with E-state index >= 15 is 0 Å². The van der Waals surface area contributed by atoms with Gasteiger partial charge in [0, 0.05) is 19.0 Å². The van der Waals surface area contributed by atoms with Crippen LogP contribution < -0.4 is 5.73 Å². The summed E-state index contributed by atoms with van der Waals surface area (Å²) in [6.45, 7) is 5.27. The molecule has 6 heteroatoms. The number of nitrogens with two attached hydrogens (primary N) is 1. The SMILES string of the molecule is Cc1ccc(S(=O)(=O)N2C[C@@H](CN)[C@H](c3ccccc3)C2)c(C)c1.Cl. The first-order valence-corrected chi connectivity index (χ1v) is 9.70. The third-order valence-electron chi connectivity index (χ3n) is 4.89. The Morgan fingerprint density at radius 2 is 1.76 bits per heavy atom. The summed E-state index contributed by atoms with van der Waals surface area (Å²) >= 11 is 0. The van der Waals surface area contributed by atoms with E-state index in [2.05, 4.69) is 12.1 Å². The third-order valence-corrected chi connectivity index (χ3v) is 6.88. The number of benzene rings is 2. The molecule has 25 heavy (non-hydrogen) atoms. The second kappa shape index (κ2) is 7.87. The van der Waals surface area contributed by atoms with E-state index in [9.17, 15) is 8.42 Å². The Kier molecular flexibility index (Phi) is 6.27. The molecule has 0 radical (unpaired) electrons. The lowest BCUT2D eigenvalue weighted by atomic mass is 9.89. The highest BCUT2D eigenvalue weighted by Gasteiger charge is 2.39. The van der Waals surface area contributed by atoms with Crippen LogP contribution in [0.15, 0.2) is 53.4 Å². The molecule has 0 bridgehead atoms. The average molecular weight is 381 g/mol. The number of sulfonamides is 1. The molecule has 1 aliphatic rings. The van der Waals surface area contributed by atoms with Gasteiger partial charge < -0.3 is 5.73 Å². The van der Waals surface area contributed by atoms with Gasteiger partial charge in [-0.1, -0.05) is 48.0 Å². The van der Waals surface area contributed by atoms with Crippen molar-refractivity contribution in [2.75, 3.05) is 19.6 Å². The molecule has 136 valence electrons. The molecule has 2 N–H and O–H groups in total. The fourth-order valence-corrected chi connectivity index (χ4v) is 5.30. The molecule has 2 atom stereocenters. The smallest absolute Gasteiger partial charge is 0.243 e. The van der Waals surface area contributed by atoms with Crippen LogP contribution >= 0.6 is 12.4 Å². The van der Waals surface area contributed by atoms with Gasteiger partial charge in [-0.3, -0.25) is 0 Å². The maximum Gasteiger partial charge on any atom is 0.243 e. The van der Waals surface area contributed by atoms with Crippen LogP contribution in [0, 0.1) is 19.8 Å². The Labute approximate surface area is 156 Å². The number of hydrogen-bond acceptors (Lipinski definition) is 3. The van der Waals surface area contributed by atoms with E-state index in [4.69, 9.17) is 5.73 Å². The van der Waals surface area contributed by atoms with Crippen molar-refractivity contribution < 1.29 is 8.42 Å². The van der Waals surface area contributed by atoms with Crippen LogP contribution in [-0.4, -0.2) is 32.4 Å². The largest absolute Gasteiger partial charge is 0.330 e. The van der Waals surface area contributed by atoms with Gasteiger partial charge in [-0.05, 0) is 43.5 Å². The summed E-state index contributed by atoms with van der Waals surface area (Å²) in [4.78, 5) is 0.401. The highest BCUT2D eigenvalue weighted by molar-refractivity contribution is 7.89. The minimum absolute atomic E-state index is 0. The van der Waals surface area contributed by atoms with Gasteiger partial charge in [-0.15, -0.1) is 12.4 Å². The Bertz CT molecular complexity index is 825. The molecule has 0 aliphatic carbocycles. The standard InChI is InChI=1S/C19H24N2O2S.ClH/c1-14-8-9-19(15(2)10-14)24(22,23)21-12-17(11-20)18(13-21)16-6-4-3-5-7-16;/h3-10,17-18H,11-13,20H2,1-2H3;1H/t17-,18+;/m1./s1. The fraction of sp³-hybridized carbons (Fsp3) is 0.368. The zero-order valence-corrected chi connectivity index (χ0v) is 16.2. The van der Waals surface area contributed by atoms with Crippen LogP contribution in [0.25, 0.3) is 0 Å². The van der Waals surface area contributed by atoms with Gasteiger partial charge in [0.15, 0.2) is 0 Å². The lowest BCUT2D eigenvalue weighted by molar-refractivity contribution is 0.458. The van der Waals surface area contributed by atoms with E-state index < -0.39 is 10.0 Å². The zero-order chi connectivity index (χ0) is 17.3. The minimum Gasteiger partial charge on any atom is -0.330 e. The first kappa shape index (κ1) is 19.9. The van der Waals surface area contributed by atoms with Crippen LogP contribution in [0.3, 0.4) is 0 Å². The van der Waals surface area contributed by atoms with E-state index in [0.717, 1.165) is 16.7 Å². The molecule has 4 nitrogen and oxygen atoms in total. The summed E-state index contributed by atoms with van der Waals surface area (Å²) in [6, 6.07) is 15.5. The van der Waals surface area contributed by atoms with Crippen molar-refractivity contribution >= 4 is 22.4 Å². The van der Waals surface area contributed by atoms with Crippen LogP contribution in [-0.2, 0) is 10.0 Å². The lowest BCUT2D eigenvalue weighted by Crippen LogP contribution is -2.30. The van der Waals surface area contributed by atoms with Gasteiger partial charge in [-0.2, -0.15) is 4.31 Å². The topological polar surface area (TPSA) is 63.4 Å². The van der Waals surface area contributed by atoms with Crippen molar-refractivity contribution in [1.82, 2.24) is 4.31 Å². The van der Waals surface area contributed by atoms with E-state index in [1.165, 1.54) is 0 Å². The lowest BCUT2D eigenvalue weighted by Gasteiger charge is -2.18. The summed E-state index contributed by atoms with van der Waals surface area (Å²) in [5.74, 6) is 0.296. The van der Waals surface area contributed by atoms with Gasteiger partial charge in [0.1, 0.15) is 0 Å². The van der Waals surface area contributed by atoms with Gasteiger partial charge >= 0.3 is 0 Å². The number of hydrogen-bond donors (Lipinski definition) is 1. The molecule has 2 aromatic carbocycles. The van der Waals surface area contributed by atoms with Gasteiger partial charge in [0.05, 0.1) is 4.90 Å². The molecule has 3 rings (SSSR count). The number of nitrogens with zero attached hydrogens (tertiary/aromatic N) is 1. The third kappa shape index (κ3) is 3.90. The quantitative estimate of drug-likeness (QED) is 0.886. The molecule has 0 saturated carbocycles. The molecule has 0 spiro atoms. The normalized spacial score (nSPS) is 21.1. The second-order valence-electron chi connectivity index (χ2n) is 6.60. The van der Waals surface area contributed by atoms with E-state index in [-0.39, 0.29) is 24.2 Å². The number of aryl methyl sites for hydroxylation is 2. The molecule has 1 aliphatic heterocycles. The molecule has 0 amide bonds. The average Bonchev–Trinajstić information content (AvgIpc) is 3.00. The van der Waals surface area contributed by atoms with Crippen LogP contribution in [0.5, 0.6) is 0 Å². The summed E-state index contributed by atoms with van der Waals surface area (Å²) in [5.41, 5.74) is 8.95. The molecular weight excluding hydrogens is 356 g/mol. The minimum atomic E-state index is -3.49. The number of halogens is 1. The predicted octanol–water partition coefficient (Wildman–Crippen LogP) is 3.09.